The van der Waals surface area contributed by atoms with Crippen LogP contribution in [0, 0.1) is 17.8 Å². The molecule has 17 heavy (non-hydrogen) atoms. The van der Waals surface area contributed by atoms with Crippen LogP contribution in [0.1, 0.15) is 65.7 Å². The first-order valence-electron chi connectivity index (χ1n) is 7.50. The third-order valence-electron chi connectivity index (χ3n) is 4.62. The summed E-state index contributed by atoms with van der Waals surface area (Å²) in [6, 6.07) is 0. The molecule has 2 saturated carbocycles. The lowest BCUT2D eigenvalue weighted by Crippen LogP contribution is -2.33. The normalized spacial score (nSPS) is 34.1. The molecule has 3 unspecified atom stereocenters. The van der Waals surface area contributed by atoms with Gasteiger partial charge in [0.15, 0.2) is 0 Å². The van der Waals surface area contributed by atoms with Crippen LogP contribution in [0.25, 0.3) is 0 Å². The van der Waals surface area contributed by atoms with Crippen molar-refractivity contribution >= 4 is 0 Å². The molecule has 0 bridgehead atoms. The van der Waals surface area contributed by atoms with E-state index in [1.54, 1.807) is 5.57 Å². The van der Waals surface area contributed by atoms with Gasteiger partial charge in [0.2, 0.25) is 0 Å². The molecule has 0 N–H and O–H groups in total. The molecule has 0 amide bonds. The quantitative estimate of drug-likeness (QED) is 0.632. The Labute approximate surface area is 107 Å². The van der Waals surface area contributed by atoms with E-state index in [9.17, 15) is 0 Å². The average Bonchev–Trinajstić information content (AvgIpc) is 2.78. The van der Waals surface area contributed by atoms with Gasteiger partial charge < -0.3 is 4.74 Å². The lowest BCUT2D eigenvalue weighted by molar-refractivity contribution is 0.0125. The third kappa shape index (κ3) is 3.50. The van der Waals surface area contributed by atoms with Gasteiger partial charge >= 0.3 is 0 Å². The number of allylic oxidation sites excluding steroid dienone is 1. The Hall–Kier alpha value is -0.460. The van der Waals surface area contributed by atoms with Crippen LogP contribution < -0.4 is 0 Å². The van der Waals surface area contributed by atoms with Gasteiger partial charge in [0.05, 0.1) is 6.26 Å². The van der Waals surface area contributed by atoms with Gasteiger partial charge in [-0.3, -0.25) is 0 Å². The van der Waals surface area contributed by atoms with Crippen LogP contribution in [0.15, 0.2) is 11.8 Å². The Morgan fingerprint density at radius 3 is 2.53 bits per heavy atom. The molecule has 2 aliphatic rings. The van der Waals surface area contributed by atoms with E-state index in [0.29, 0.717) is 6.10 Å². The van der Waals surface area contributed by atoms with Crippen molar-refractivity contribution in [2.75, 3.05) is 0 Å². The fraction of sp³-hybridized carbons (Fsp3) is 0.875. The van der Waals surface area contributed by atoms with Crippen LogP contribution in [0.2, 0.25) is 0 Å². The molecule has 98 valence electrons. The zero-order valence-corrected chi connectivity index (χ0v) is 11.7. The van der Waals surface area contributed by atoms with Crippen molar-refractivity contribution in [1.82, 2.24) is 0 Å². The summed E-state index contributed by atoms with van der Waals surface area (Å²) in [6.45, 7) is 7.06. The molecule has 0 spiro atoms. The number of hydrogen-bond acceptors (Lipinski definition) is 1. The SMILES string of the molecule is CC1CCC(C(C)C)C(OC=C2CCCC2)C1. The minimum atomic E-state index is 0.479. The highest BCUT2D eigenvalue weighted by Crippen LogP contribution is 2.36. The van der Waals surface area contributed by atoms with E-state index in [1.165, 1.54) is 44.9 Å². The maximum atomic E-state index is 6.15. The Kier molecular flexibility index (Phi) is 4.53. The summed E-state index contributed by atoms with van der Waals surface area (Å²) in [7, 11) is 0. The second kappa shape index (κ2) is 5.93. The van der Waals surface area contributed by atoms with Gasteiger partial charge in [-0.2, -0.15) is 0 Å². The lowest BCUT2D eigenvalue weighted by atomic mass is 9.75. The highest BCUT2D eigenvalue weighted by atomic mass is 16.5. The van der Waals surface area contributed by atoms with Gasteiger partial charge in [-0.25, -0.2) is 0 Å². The number of ether oxygens (including phenoxy) is 1. The molecule has 2 rings (SSSR count). The molecule has 1 heteroatoms. The highest BCUT2D eigenvalue weighted by Gasteiger charge is 2.31. The number of rotatable bonds is 3. The topological polar surface area (TPSA) is 9.23 Å². The van der Waals surface area contributed by atoms with Crippen LogP contribution in [0.4, 0.5) is 0 Å². The third-order valence-corrected chi connectivity index (χ3v) is 4.62. The maximum absolute atomic E-state index is 6.15. The molecule has 2 aliphatic carbocycles. The minimum Gasteiger partial charge on any atom is -0.498 e. The summed E-state index contributed by atoms with van der Waals surface area (Å²) >= 11 is 0. The molecular formula is C16H28O. The first kappa shape index (κ1) is 13.0. The standard InChI is InChI=1S/C16H28O/c1-12(2)15-9-8-13(3)10-16(15)17-11-14-6-4-5-7-14/h11-13,15-16H,4-10H2,1-3H3. The zero-order chi connectivity index (χ0) is 12.3. The van der Waals surface area contributed by atoms with Gasteiger partial charge in [-0.05, 0) is 61.9 Å². The molecule has 3 atom stereocenters. The van der Waals surface area contributed by atoms with E-state index in [-0.39, 0.29) is 0 Å². The van der Waals surface area contributed by atoms with Gasteiger partial charge in [0, 0.05) is 0 Å². The fourth-order valence-corrected chi connectivity index (χ4v) is 3.40. The molecule has 0 saturated heterocycles. The van der Waals surface area contributed by atoms with Crippen LogP contribution in [-0.4, -0.2) is 6.10 Å². The predicted octanol–water partition coefficient (Wildman–Crippen LogP) is 4.92. The van der Waals surface area contributed by atoms with E-state index in [4.69, 9.17) is 4.74 Å². The second-order valence-electron chi connectivity index (χ2n) is 6.48. The summed E-state index contributed by atoms with van der Waals surface area (Å²) in [6.07, 6.45) is 11.9. The van der Waals surface area contributed by atoms with Crippen molar-refractivity contribution in [2.24, 2.45) is 17.8 Å². The van der Waals surface area contributed by atoms with E-state index in [1.807, 2.05) is 0 Å². The zero-order valence-electron chi connectivity index (χ0n) is 11.7. The van der Waals surface area contributed by atoms with Crippen LogP contribution in [0.5, 0.6) is 0 Å². The Bertz CT molecular complexity index is 259. The van der Waals surface area contributed by atoms with Crippen LogP contribution in [-0.2, 0) is 4.74 Å². The van der Waals surface area contributed by atoms with Crippen LogP contribution in [0.3, 0.4) is 0 Å². The Balaban J connectivity index is 1.92. The number of hydrogen-bond donors (Lipinski definition) is 0. The van der Waals surface area contributed by atoms with E-state index in [0.717, 1.165) is 17.8 Å². The predicted molar refractivity (Wildman–Crippen MR) is 72.8 cm³/mol. The molecule has 0 aliphatic heterocycles. The van der Waals surface area contributed by atoms with E-state index in [2.05, 4.69) is 27.0 Å². The largest absolute Gasteiger partial charge is 0.498 e. The molecule has 2 fully saturated rings. The summed E-state index contributed by atoms with van der Waals surface area (Å²) in [5.74, 6) is 2.37. The Morgan fingerprint density at radius 1 is 1.18 bits per heavy atom. The summed E-state index contributed by atoms with van der Waals surface area (Å²) in [4.78, 5) is 0. The van der Waals surface area contributed by atoms with Gasteiger partial charge in [0.25, 0.3) is 0 Å². The molecule has 0 aromatic rings. The molecule has 0 aromatic heterocycles. The molecule has 0 heterocycles. The van der Waals surface area contributed by atoms with Gasteiger partial charge in [-0.15, -0.1) is 0 Å². The van der Waals surface area contributed by atoms with Crippen molar-refractivity contribution in [3.05, 3.63) is 11.8 Å². The summed E-state index contributed by atoms with van der Waals surface area (Å²) in [5, 5.41) is 0. The first-order valence-corrected chi connectivity index (χ1v) is 7.50. The van der Waals surface area contributed by atoms with Crippen molar-refractivity contribution < 1.29 is 4.74 Å². The molecule has 0 aromatic carbocycles. The van der Waals surface area contributed by atoms with Crippen molar-refractivity contribution in [3.63, 3.8) is 0 Å². The Morgan fingerprint density at radius 2 is 1.88 bits per heavy atom. The van der Waals surface area contributed by atoms with E-state index < -0.39 is 0 Å². The lowest BCUT2D eigenvalue weighted by Gasteiger charge is -2.36. The maximum Gasteiger partial charge on any atom is 0.101 e. The highest BCUT2D eigenvalue weighted by molar-refractivity contribution is 5.02. The van der Waals surface area contributed by atoms with Crippen molar-refractivity contribution in [3.8, 4) is 0 Å². The van der Waals surface area contributed by atoms with Crippen LogP contribution >= 0.6 is 0 Å². The minimum absolute atomic E-state index is 0.479. The van der Waals surface area contributed by atoms with Crippen molar-refractivity contribution in [1.29, 1.82) is 0 Å². The average molecular weight is 236 g/mol. The molecule has 0 radical (unpaired) electrons. The van der Waals surface area contributed by atoms with Gasteiger partial charge in [-0.1, -0.05) is 27.2 Å². The second-order valence-corrected chi connectivity index (χ2v) is 6.48. The van der Waals surface area contributed by atoms with Crippen molar-refractivity contribution in [2.45, 2.75) is 71.8 Å². The summed E-state index contributed by atoms with van der Waals surface area (Å²) in [5.41, 5.74) is 1.55. The summed E-state index contributed by atoms with van der Waals surface area (Å²) < 4.78 is 6.15. The van der Waals surface area contributed by atoms with Gasteiger partial charge in [0.1, 0.15) is 6.10 Å². The fourth-order valence-electron chi connectivity index (χ4n) is 3.40. The van der Waals surface area contributed by atoms with E-state index >= 15 is 0 Å². The molecular weight excluding hydrogens is 208 g/mol. The molecule has 1 nitrogen and oxygen atoms in total. The monoisotopic (exact) mass is 236 g/mol. The smallest absolute Gasteiger partial charge is 0.101 e. The first-order chi connectivity index (χ1) is 8.16.